The molecule has 116 valence electrons. The molecule has 1 atom stereocenters. The molecule has 4 nitrogen and oxygen atoms in total. The van der Waals surface area contributed by atoms with Crippen molar-refractivity contribution in [1.29, 1.82) is 0 Å². The Kier molecular flexibility index (Phi) is 5.04. The molecule has 0 spiro atoms. The lowest BCUT2D eigenvalue weighted by Crippen LogP contribution is -2.39. The maximum atomic E-state index is 12.7. The third kappa shape index (κ3) is 3.12. The number of hydrogen-bond acceptors (Lipinski definition) is 3. The van der Waals surface area contributed by atoms with Gasteiger partial charge in [0.25, 0.3) is 0 Å². The molecule has 1 unspecified atom stereocenters. The van der Waals surface area contributed by atoms with Crippen LogP contribution in [0.1, 0.15) is 56.9 Å². The first-order valence-electron chi connectivity index (χ1n) is 7.60. The van der Waals surface area contributed by atoms with E-state index in [9.17, 15) is 14.7 Å². The molecule has 1 aliphatic rings. The van der Waals surface area contributed by atoms with Crippen LogP contribution in [0.5, 0.6) is 0 Å². The predicted molar refractivity (Wildman–Crippen MR) is 83.3 cm³/mol. The van der Waals surface area contributed by atoms with Gasteiger partial charge < -0.3 is 10.0 Å². The summed E-state index contributed by atoms with van der Waals surface area (Å²) in [6.07, 6.45) is 3.05. The summed E-state index contributed by atoms with van der Waals surface area (Å²) < 4.78 is 0. The molecule has 1 saturated heterocycles. The summed E-state index contributed by atoms with van der Waals surface area (Å²) in [5.74, 6) is -0.871. The Labute approximate surface area is 129 Å². The second kappa shape index (κ2) is 6.60. The number of thiophene rings is 1. The van der Waals surface area contributed by atoms with Crippen molar-refractivity contribution < 1.29 is 14.7 Å². The minimum atomic E-state index is -0.917. The molecule has 1 fully saturated rings. The van der Waals surface area contributed by atoms with Gasteiger partial charge in [0.05, 0.1) is 11.5 Å². The predicted octanol–water partition coefficient (Wildman–Crippen LogP) is 3.69. The Bertz CT molecular complexity index is 494. The Balaban J connectivity index is 2.14. The summed E-state index contributed by atoms with van der Waals surface area (Å²) in [6, 6.07) is 4.20. The molecule has 1 aliphatic heterocycles. The molecule has 1 amide bonds. The highest BCUT2D eigenvalue weighted by atomic mass is 32.1. The van der Waals surface area contributed by atoms with Crippen LogP contribution in [-0.4, -0.2) is 28.4 Å². The lowest BCUT2D eigenvalue weighted by molar-refractivity contribution is -0.154. The van der Waals surface area contributed by atoms with Crippen LogP contribution in [-0.2, 0) is 9.59 Å². The molecule has 1 aromatic rings. The van der Waals surface area contributed by atoms with Gasteiger partial charge in [-0.2, -0.15) is 0 Å². The summed E-state index contributed by atoms with van der Waals surface area (Å²) in [6.45, 7) is 4.45. The van der Waals surface area contributed by atoms with E-state index in [0.717, 1.165) is 19.4 Å². The Hall–Kier alpha value is -1.36. The number of carboxylic acids is 1. The molecule has 1 N–H and O–H groups in total. The first-order valence-corrected chi connectivity index (χ1v) is 8.48. The first-order chi connectivity index (χ1) is 10.0. The minimum Gasteiger partial charge on any atom is -0.481 e. The largest absolute Gasteiger partial charge is 0.481 e. The lowest BCUT2D eigenvalue weighted by Gasteiger charge is -2.31. The highest BCUT2D eigenvalue weighted by molar-refractivity contribution is 7.10. The number of rotatable bonds is 6. The fraction of sp³-hybridized carbons (Fsp3) is 0.625. The fourth-order valence-corrected chi connectivity index (χ4v) is 3.98. The van der Waals surface area contributed by atoms with Crippen LogP contribution in [0.3, 0.4) is 0 Å². The molecule has 2 rings (SSSR count). The minimum absolute atomic E-state index is 0.0167. The quantitative estimate of drug-likeness (QED) is 0.872. The van der Waals surface area contributed by atoms with Crippen molar-refractivity contribution in [2.24, 2.45) is 5.41 Å². The molecule has 0 aliphatic carbocycles. The van der Waals surface area contributed by atoms with Crippen molar-refractivity contribution >= 4 is 23.2 Å². The third-order valence-corrected chi connectivity index (χ3v) is 5.72. The van der Waals surface area contributed by atoms with Crippen molar-refractivity contribution in [1.82, 2.24) is 4.90 Å². The molecule has 5 heteroatoms. The third-order valence-electron chi connectivity index (χ3n) is 4.74. The molecule has 1 aromatic heterocycles. The van der Waals surface area contributed by atoms with Crippen LogP contribution in [0.2, 0.25) is 0 Å². The van der Waals surface area contributed by atoms with Gasteiger partial charge in [-0.25, -0.2) is 0 Å². The van der Waals surface area contributed by atoms with Crippen LogP contribution in [0, 0.1) is 5.41 Å². The van der Waals surface area contributed by atoms with Crippen LogP contribution in [0.15, 0.2) is 17.5 Å². The highest BCUT2D eigenvalue weighted by Crippen LogP contribution is 2.38. The summed E-state index contributed by atoms with van der Waals surface area (Å²) in [5.41, 5.74) is -0.917. The molecule has 21 heavy (non-hydrogen) atoms. The number of hydrogen-bond donors (Lipinski definition) is 1. The van der Waals surface area contributed by atoms with E-state index in [-0.39, 0.29) is 18.4 Å². The molecular weight excluding hydrogens is 286 g/mol. The standard InChI is InChI=1S/C16H23NO3S/c1-3-16(4-2,15(19)20)11-14(18)17-9-5-7-12(17)13-8-6-10-21-13/h6,8,10,12H,3-5,7,9,11H2,1-2H3,(H,19,20). The smallest absolute Gasteiger partial charge is 0.310 e. The topological polar surface area (TPSA) is 57.6 Å². The van der Waals surface area contributed by atoms with Gasteiger partial charge in [0.15, 0.2) is 0 Å². The lowest BCUT2D eigenvalue weighted by atomic mass is 9.79. The van der Waals surface area contributed by atoms with Crippen molar-refractivity contribution in [3.63, 3.8) is 0 Å². The maximum absolute atomic E-state index is 12.7. The van der Waals surface area contributed by atoms with E-state index in [4.69, 9.17) is 0 Å². The maximum Gasteiger partial charge on any atom is 0.310 e. The van der Waals surface area contributed by atoms with Gasteiger partial charge in [-0.1, -0.05) is 19.9 Å². The molecule has 2 heterocycles. The van der Waals surface area contributed by atoms with Gasteiger partial charge in [0, 0.05) is 17.8 Å². The number of likely N-dealkylation sites (tertiary alicyclic amines) is 1. The van der Waals surface area contributed by atoms with Gasteiger partial charge in [-0.3, -0.25) is 9.59 Å². The number of nitrogens with zero attached hydrogens (tertiary/aromatic N) is 1. The zero-order chi connectivity index (χ0) is 15.5. The molecule has 0 aromatic carbocycles. The van der Waals surface area contributed by atoms with Crippen molar-refractivity contribution in [2.75, 3.05) is 6.54 Å². The second-order valence-corrected chi connectivity index (χ2v) is 6.71. The SMILES string of the molecule is CCC(CC)(CC(=O)N1CCCC1c1cccs1)C(=O)O. The first kappa shape index (κ1) is 16.0. The number of aliphatic carboxylic acids is 1. The van der Waals surface area contributed by atoms with E-state index in [1.807, 2.05) is 30.2 Å². The van der Waals surface area contributed by atoms with Crippen molar-refractivity contribution in [3.05, 3.63) is 22.4 Å². The van der Waals surface area contributed by atoms with E-state index < -0.39 is 11.4 Å². The molecule has 0 radical (unpaired) electrons. The van der Waals surface area contributed by atoms with Gasteiger partial charge in [-0.15, -0.1) is 11.3 Å². The van der Waals surface area contributed by atoms with Crippen LogP contribution < -0.4 is 0 Å². The summed E-state index contributed by atoms with van der Waals surface area (Å²) >= 11 is 1.67. The van der Waals surface area contributed by atoms with Gasteiger partial charge in [-0.05, 0) is 37.1 Å². The number of carbonyl (C=O) groups excluding carboxylic acids is 1. The normalized spacial score (nSPS) is 19.0. The highest BCUT2D eigenvalue weighted by Gasteiger charge is 2.40. The number of amides is 1. The van der Waals surface area contributed by atoms with Crippen LogP contribution in [0.25, 0.3) is 0 Å². The van der Waals surface area contributed by atoms with Crippen LogP contribution >= 0.6 is 11.3 Å². The summed E-state index contributed by atoms with van der Waals surface area (Å²) in [5, 5.41) is 11.5. The Morgan fingerprint density at radius 3 is 2.67 bits per heavy atom. The summed E-state index contributed by atoms with van der Waals surface area (Å²) in [4.78, 5) is 27.3. The number of carbonyl (C=O) groups is 2. The van der Waals surface area contributed by atoms with Crippen molar-refractivity contribution in [3.8, 4) is 0 Å². The van der Waals surface area contributed by atoms with E-state index in [2.05, 4.69) is 6.07 Å². The molecular formula is C16H23NO3S. The fourth-order valence-electron chi connectivity index (χ4n) is 3.11. The molecule has 0 saturated carbocycles. The Morgan fingerprint density at radius 1 is 1.43 bits per heavy atom. The van der Waals surface area contributed by atoms with Crippen molar-refractivity contribution in [2.45, 2.75) is 52.0 Å². The zero-order valence-corrected chi connectivity index (χ0v) is 13.5. The monoisotopic (exact) mass is 309 g/mol. The van der Waals surface area contributed by atoms with E-state index >= 15 is 0 Å². The van der Waals surface area contributed by atoms with Crippen LogP contribution in [0.4, 0.5) is 0 Å². The van der Waals surface area contributed by atoms with E-state index in [1.165, 1.54) is 4.88 Å². The van der Waals surface area contributed by atoms with Gasteiger partial charge >= 0.3 is 5.97 Å². The second-order valence-electron chi connectivity index (χ2n) is 5.73. The van der Waals surface area contributed by atoms with Gasteiger partial charge in [0.1, 0.15) is 0 Å². The number of carboxylic acid groups (broad SMARTS) is 1. The average Bonchev–Trinajstić information content (AvgIpc) is 3.13. The van der Waals surface area contributed by atoms with E-state index in [1.54, 1.807) is 11.3 Å². The average molecular weight is 309 g/mol. The molecule has 0 bridgehead atoms. The van der Waals surface area contributed by atoms with Gasteiger partial charge in [0.2, 0.25) is 5.91 Å². The summed E-state index contributed by atoms with van der Waals surface area (Å²) in [7, 11) is 0. The Morgan fingerprint density at radius 2 is 2.14 bits per heavy atom. The zero-order valence-electron chi connectivity index (χ0n) is 12.7. The van der Waals surface area contributed by atoms with E-state index in [0.29, 0.717) is 12.8 Å².